The SMILES string of the molecule is Cc1cccc(C(=O)N(C2CCN(Cc3ccccc3)CC2)C2CC(=O)N(c3ccc(F)cc3)C2=O)c1. The summed E-state index contributed by atoms with van der Waals surface area (Å²) in [6.07, 6.45) is 1.33. The number of amides is 3. The summed E-state index contributed by atoms with van der Waals surface area (Å²) in [5.74, 6) is -1.51. The van der Waals surface area contributed by atoms with Crippen LogP contribution in [0, 0.1) is 12.7 Å². The summed E-state index contributed by atoms with van der Waals surface area (Å²) in [5, 5.41) is 0. The maximum absolute atomic E-state index is 13.9. The van der Waals surface area contributed by atoms with Gasteiger partial charge in [-0.15, -0.1) is 0 Å². The third-order valence-electron chi connectivity index (χ3n) is 7.24. The molecule has 0 spiro atoms. The van der Waals surface area contributed by atoms with Gasteiger partial charge in [-0.25, -0.2) is 9.29 Å². The molecule has 0 saturated carbocycles. The van der Waals surface area contributed by atoms with Gasteiger partial charge < -0.3 is 4.90 Å². The molecular formula is C30H30FN3O3. The lowest BCUT2D eigenvalue weighted by atomic mass is 9.98. The van der Waals surface area contributed by atoms with E-state index in [4.69, 9.17) is 0 Å². The molecule has 3 amide bonds. The Morgan fingerprint density at radius 3 is 2.32 bits per heavy atom. The maximum atomic E-state index is 13.9. The van der Waals surface area contributed by atoms with E-state index in [0.717, 1.165) is 30.1 Å². The Balaban J connectivity index is 1.39. The lowest BCUT2D eigenvalue weighted by Gasteiger charge is -2.40. The third kappa shape index (κ3) is 5.32. The molecule has 3 aromatic carbocycles. The molecular weight excluding hydrogens is 469 g/mol. The number of piperidine rings is 1. The number of hydrogen-bond acceptors (Lipinski definition) is 4. The van der Waals surface area contributed by atoms with Gasteiger partial charge in [0.25, 0.3) is 11.8 Å². The van der Waals surface area contributed by atoms with Gasteiger partial charge >= 0.3 is 0 Å². The molecule has 2 heterocycles. The zero-order chi connectivity index (χ0) is 25.9. The van der Waals surface area contributed by atoms with E-state index in [0.29, 0.717) is 24.1 Å². The van der Waals surface area contributed by atoms with Gasteiger partial charge in [0.15, 0.2) is 0 Å². The van der Waals surface area contributed by atoms with Crippen molar-refractivity contribution in [2.24, 2.45) is 0 Å². The number of benzene rings is 3. The third-order valence-corrected chi connectivity index (χ3v) is 7.24. The van der Waals surface area contributed by atoms with Crippen LogP contribution < -0.4 is 4.90 Å². The van der Waals surface area contributed by atoms with E-state index in [1.165, 1.54) is 29.8 Å². The Kier molecular flexibility index (Phi) is 7.15. The number of carbonyl (C=O) groups is 3. The number of nitrogens with zero attached hydrogens (tertiary/aromatic N) is 3. The number of rotatable bonds is 6. The Bertz CT molecular complexity index is 1290. The summed E-state index contributed by atoms with van der Waals surface area (Å²) in [7, 11) is 0. The highest BCUT2D eigenvalue weighted by atomic mass is 19.1. The van der Waals surface area contributed by atoms with Crippen LogP contribution in [-0.2, 0) is 16.1 Å². The van der Waals surface area contributed by atoms with Gasteiger partial charge in [0, 0.05) is 31.2 Å². The first kappa shape index (κ1) is 24.8. The monoisotopic (exact) mass is 499 g/mol. The van der Waals surface area contributed by atoms with Crippen molar-refractivity contribution in [3.63, 3.8) is 0 Å². The smallest absolute Gasteiger partial charge is 0.257 e. The zero-order valence-electron chi connectivity index (χ0n) is 20.8. The molecule has 0 aromatic heterocycles. The van der Waals surface area contributed by atoms with Crippen molar-refractivity contribution in [1.29, 1.82) is 0 Å². The lowest BCUT2D eigenvalue weighted by molar-refractivity contribution is -0.123. The average molecular weight is 500 g/mol. The van der Waals surface area contributed by atoms with E-state index in [2.05, 4.69) is 17.0 Å². The molecule has 0 aliphatic carbocycles. The first-order valence-corrected chi connectivity index (χ1v) is 12.7. The number of hydrogen-bond donors (Lipinski definition) is 0. The van der Waals surface area contributed by atoms with Crippen molar-refractivity contribution < 1.29 is 18.8 Å². The van der Waals surface area contributed by atoms with E-state index in [1.807, 2.05) is 43.3 Å². The minimum Gasteiger partial charge on any atom is -0.323 e. The largest absolute Gasteiger partial charge is 0.323 e. The maximum Gasteiger partial charge on any atom is 0.257 e. The van der Waals surface area contributed by atoms with E-state index >= 15 is 0 Å². The molecule has 2 aliphatic rings. The molecule has 2 fully saturated rings. The van der Waals surface area contributed by atoms with Gasteiger partial charge in [-0.3, -0.25) is 19.3 Å². The fraction of sp³-hybridized carbons (Fsp3) is 0.300. The second kappa shape index (κ2) is 10.6. The van der Waals surface area contributed by atoms with Crippen LogP contribution in [-0.4, -0.2) is 52.7 Å². The standard InChI is InChI=1S/C30H30FN3O3/c1-21-6-5-9-23(18-21)29(36)33(26-14-16-32(17-15-26)20-22-7-3-2-4-8-22)27-19-28(35)34(30(27)37)25-12-10-24(31)11-13-25/h2-13,18,26-27H,14-17,19-20H2,1H3. The minimum absolute atomic E-state index is 0.0853. The Morgan fingerprint density at radius 1 is 0.946 bits per heavy atom. The predicted octanol–water partition coefficient (Wildman–Crippen LogP) is 4.57. The van der Waals surface area contributed by atoms with Crippen molar-refractivity contribution in [2.75, 3.05) is 18.0 Å². The molecule has 190 valence electrons. The van der Waals surface area contributed by atoms with Gasteiger partial charge in [-0.2, -0.15) is 0 Å². The molecule has 0 radical (unpaired) electrons. The van der Waals surface area contributed by atoms with E-state index < -0.39 is 17.8 Å². The van der Waals surface area contributed by atoms with Crippen molar-refractivity contribution in [3.05, 3.63) is 101 Å². The Hall–Kier alpha value is -3.84. The van der Waals surface area contributed by atoms with Crippen LogP contribution in [0.1, 0.15) is 40.7 Å². The van der Waals surface area contributed by atoms with Gasteiger partial charge in [0.05, 0.1) is 12.1 Å². The summed E-state index contributed by atoms with van der Waals surface area (Å²) >= 11 is 0. The number of likely N-dealkylation sites (tertiary alicyclic amines) is 1. The van der Waals surface area contributed by atoms with E-state index in [1.54, 1.807) is 11.0 Å². The van der Waals surface area contributed by atoms with Gasteiger partial charge in [-0.1, -0.05) is 48.0 Å². The predicted molar refractivity (Wildman–Crippen MR) is 139 cm³/mol. The Labute approximate surface area is 216 Å². The van der Waals surface area contributed by atoms with Crippen LogP contribution in [0.2, 0.25) is 0 Å². The molecule has 3 aromatic rings. The van der Waals surface area contributed by atoms with Crippen LogP contribution in [0.15, 0.2) is 78.9 Å². The van der Waals surface area contributed by atoms with Crippen molar-refractivity contribution >= 4 is 23.4 Å². The Morgan fingerprint density at radius 2 is 1.65 bits per heavy atom. The highest BCUT2D eigenvalue weighted by molar-refractivity contribution is 6.23. The number of carbonyl (C=O) groups excluding carboxylic acids is 3. The van der Waals surface area contributed by atoms with Crippen molar-refractivity contribution in [1.82, 2.24) is 9.80 Å². The molecule has 2 saturated heterocycles. The fourth-order valence-electron chi connectivity index (χ4n) is 5.38. The molecule has 6 nitrogen and oxygen atoms in total. The fourth-order valence-corrected chi connectivity index (χ4v) is 5.38. The van der Waals surface area contributed by atoms with Crippen LogP contribution in [0.3, 0.4) is 0 Å². The highest BCUT2D eigenvalue weighted by Crippen LogP contribution is 2.31. The number of anilines is 1. The van der Waals surface area contributed by atoms with Gasteiger partial charge in [0.1, 0.15) is 11.9 Å². The molecule has 7 heteroatoms. The number of halogens is 1. The molecule has 0 N–H and O–H groups in total. The topological polar surface area (TPSA) is 60.9 Å². The minimum atomic E-state index is -0.892. The summed E-state index contributed by atoms with van der Waals surface area (Å²) in [5.41, 5.74) is 3.01. The second-order valence-electron chi connectivity index (χ2n) is 9.84. The lowest BCUT2D eigenvalue weighted by Crippen LogP contribution is -2.54. The molecule has 2 aliphatic heterocycles. The number of imide groups is 1. The van der Waals surface area contributed by atoms with Gasteiger partial charge in [-0.05, 0) is 61.7 Å². The highest BCUT2D eigenvalue weighted by Gasteiger charge is 2.47. The van der Waals surface area contributed by atoms with E-state index in [-0.39, 0.29) is 24.3 Å². The van der Waals surface area contributed by atoms with Crippen LogP contribution in [0.4, 0.5) is 10.1 Å². The van der Waals surface area contributed by atoms with Crippen LogP contribution in [0.5, 0.6) is 0 Å². The van der Waals surface area contributed by atoms with Gasteiger partial charge in [0.2, 0.25) is 5.91 Å². The van der Waals surface area contributed by atoms with Crippen molar-refractivity contribution in [2.45, 2.75) is 44.8 Å². The molecule has 0 bridgehead atoms. The second-order valence-corrected chi connectivity index (χ2v) is 9.84. The number of aryl methyl sites for hydroxylation is 1. The van der Waals surface area contributed by atoms with Crippen LogP contribution >= 0.6 is 0 Å². The molecule has 1 atom stereocenters. The average Bonchev–Trinajstić information content (AvgIpc) is 3.19. The summed E-state index contributed by atoms with van der Waals surface area (Å²) in [4.78, 5) is 45.6. The van der Waals surface area contributed by atoms with Crippen molar-refractivity contribution in [3.8, 4) is 0 Å². The zero-order valence-corrected chi connectivity index (χ0v) is 20.8. The summed E-state index contributed by atoms with van der Waals surface area (Å²) in [6, 6.07) is 21.8. The molecule has 1 unspecified atom stereocenters. The summed E-state index contributed by atoms with van der Waals surface area (Å²) in [6.45, 7) is 4.32. The first-order chi connectivity index (χ1) is 17.9. The summed E-state index contributed by atoms with van der Waals surface area (Å²) < 4.78 is 13.5. The quantitative estimate of drug-likeness (QED) is 0.466. The molecule has 5 rings (SSSR count). The first-order valence-electron chi connectivity index (χ1n) is 12.7. The van der Waals surface area contributed by atoms with E-state index in [9.17, 15) is 18.8 Å². The van der Waals surface area contributed by atoms with Crippen LogP contribution in [0.25, 0.3) is 0 Å². The molecule has 37 heavy (non-hydrogen) atoms. The normalized spacial score (nSPS) is 18.9.